The zero-order valence-electron chi connectivity index (χ0n) is 13.9. The summed E-state index contributed by atoms with van der Waals surface area (Å²) in [6, 6.07) is 11.7. The number of rotatable bonds is 5. The van der Waals surface area contributed by atoms with Crippen molar-refractivity contribution in [3.05, 3.63) is 59.5 Å². The number of amides is 1. The molecular formula is C18H20N4O2. The Morgan fingerprint density at radius 1 is 1.25 bits per heavy atom. The van der Waals surface area contributed by atoms with E-state index in [-0.39, 0.29) is 12.0 Å². The number of aryl methyl sites for hydroxylation is 1. The van der Waals surface area contributed by atoms with Gasteiger partial charge in [-0.1, -0.05) is 30.3 Å². The Labute approximate surface area is 140 Å². The second-order valence-corrected chi connectivity index (χ2v) is 5.59. The van der Waals surface area contributed by atoms with Crippen molar-refractivity contribution in [1.29, 1.82) is 0 Å². The van der Waals surface area contributed by atoms with E-state index in [9.17, 15) is 4.79 Å². The van der Waals surface area contributed by atoms with Gasteiger partial charge in [0, 0.05) is 25.0 Å². The Hall–Kier alpha value is -3.02. The summed E-state index contributed by atoms with van der Waals surface area (Å²) in [5.74, 6) is 0.925. The molecule has 0 saturated heterocycles. The predicted octanol–water partition coefficient (Wildman–Crippen LogP) is 3.21. The van der Waals surface area contributed by atoms with Crippen molar-refractivity contribution < 1.29 is 9.53 Å². The topological polar surface area (TPSA) is 82.8 Å². The number of benzene rings is 1. The van der Waals surface area contributed by atoms with Crippen molar-refractivity contribution in [2.24, 2.45) is 0 Å². The predicted molar refractivity (Wildman–Crippen MR) is 92.0 cm³/mol. The fourth-order valence-corrected chi connectivity index (χ4v) is 2.48. The zero-order valence-corrected chi connectivity index (χ0v) is 13.9. The number of imidazole rings is 1. The number of nitrogens with one attached hydrogen (secondary N) is 3. The third-order valence-electron chi connectivity index (χ3n) is 3.77. The van der Waals surface area contributed by atoms with Gasteiger partial charge in [-0.15, -0.1) is 0 Å². The molecule has 0 unspecified atom stereocenters. The summed E-state index contributed by atoms with van der Waals surface area (Å²) in [6.07, 6.45) is 1.56. The lowest BCUT2D eigenvalue weighted by molar-refractivity contribution is 0.0952. The van der Waals surface area contributed by atoms with Crippen LogP contribution in [0.3, 0.4) is 0 Å². The van der Waals surface area contributed by atoms with Crippen LogP contribution >= 0.6 is 0 Å². The molecule has 1 atom stereocenters. The quantitative estimate of drug-likeness (QED) is 0.674. The second-order valence-electron chi connectivity index (χ2n) is 5.59. The average molecular weight is 324 g/mol. The molecule has 0 aliphatic carbocycles. The molecule has 2 aromatic heterocycles. The van der Waals surface area contributed by atoms with Gasteiger partial charge in [-0.05, 0) is 19.4 Å². The first-order valence-electron chi connectivity index (χ1n) is 7.77. The van der Waals surface area contributed by atoms with Crippen molar-refractivity contribution in [2.75, 3.05) is 7.05 Å². The van der Waals surface area contributed by atoms with Crippen LogP contribution < -0.4 is 10.1 Å². The molecule has 24 heavy (non-hydrogen) atoms. The fraction of sp³-hybridized carbons (Fsp3) is 0.222. The summed E-state index contributed by atoms with van der Waals surface area (Å²) in [5, 5.41) is 2.62. The number of hydrogen-bond acceptors (Lipinski definition) is 3. The molecule has 0 aliphatic heterocycles. The van der Waals surface area contributed by atoms with Crippen LogP contribution in [0.5, 0.6) is 5.75 Å². The monoisotopic (exact) mass is 324 g/mol. The summed E-state index contributed by atoms with van der Waals surface area (Å²) in [4.78, 5) is 22.7. The highest BCUT2D eigenvalue weighted by Crippen LogP contribution is 2.29. The largest absolute Gasteiger partial charge is 0.484 e. The molecule has 0 spiro atoms. The molecular weight excluding hydrogens is 304 g/mol. The Balaban J connectivity index is 1.93. The van der Waals surface area contributed by atoms with E-state index in [1.165, 1.54) is 0 Å². The third kappa shape index (κ3) is 3.17. The van der Waals surface area contributed by atoms with E-state index in [4.69, 9.17) is 4.74 Å². The average Bonchev–Trinajstić information content (AvgIpc) is 3.21. The van der Waals surface area contributed by atoms with Crippen molar-refractivity contribution in [3.63, 3.8) is 0 Å². The number of carbonyl (C=O) groups excluding carboxylic acids is 1. The highest BCUT2D eigenvalue weighted by Gasteiger charge is 2.20. The van der Waals surface area contributed by atoms with Crippen LogP contribution in [0.25, 0.3) is 11.5 Å². The lowest BCUT2D eigenvalue weighted by atomic mass is 10.1. The van der Waals surface area contributed by atoms with E-state index in [2.05, 4.69) is 20.3 Å². The van der Waals surface area contributed by atoms with E-state index < -0.39 is 0 Å². The van der Waals surface area contributed by atoms with Gasteiger partial charge in [0.25, 0.3) is 5.91 Å². The number of H-pyrrole nitrogens is 2. The minimum Gasteiger partial charge on any atom is -0.484 e. The first-order valence-corrected chi connectivity index (χ1v) is 7.77. The maximum Gasteiger partial charge on any atom is 0.271 e. The maximum atomic E-state index is 12.1. The van der Waals surface area contributed by atoms with Crippen LogP contribution in [0.4, 0.5) is 0 Å². The summed E-state index contributed by atoms with van der Waals surface area (Å²) in [6.45, 7) is 3.88. The number of aromatic nitrogens is 3. The van der Waals surface area contributed by atoms with Crippen LogP contribution in [0, 0.1) is 6.92 Å². The van der Waals surface area contributed by atoms with Crippen LogP contribution in [0.15, 0.2) is 42.6 Å². The Kier molecular flexibility index (Phi) is 4.37. The molecule has 3 rings (SSSR count). The molecule has 3 N–H and O–H groups in total. The molecule has 6 nitrogen and oxygen atoms in total. The molecule has 1 aromatic carbocycles. The SMILES string of the molecule is CNC(=O)c1[nH]c(-c2ncc(C)[nH]2)cc1O[C@H](C)c1ccccc1. The molecule has 0 fully saturated rings. The van der Waals surface area contributed by atoms with Gasteiger partial charge in [0.1, 0.15) is 11.8 Å². The highest BCUT2D eigenvalue weighted by molar-refractivity contribution is 5.96. The number of nitrogens with zero attached hydrogens (tertiary/aromatic N) is 1. The second kappa shape index (κ2) is 6.62. The number of ether oxygens (including phenoxy) is 1. The third-order valence-corrected chi connectivity index (χ3v) is 3.77. The lowest BCUT2D eigenvalue weighted by Crippen LogP contribution is -2.19. The Morgan fingerprint density at radius 2 is 2.00 bits per heavy atom. The van der Waals surface area contributed by atoms with Gasteiger partial charge in [0.2, 0.25) is 0 Å². The van der Waals surface area contributed by atoms with Gasteiger partial charge < -0.3 is 20.0 Å². The van der Waals surface area contributed by atoms with Gasteiger partial charge in [-0.3, -0.25) is 4.79 Å². The molecule has 1 amide bonds. The van der Waals surface area contributed by atoms with Crippen molar-refractivity contribution >= 4 is 5.91 Å². The maximum absolute atomic E-state index is 12.1. The van der Waals surface area contributed by atoms with Gasteiger partial charge in [-0.25, -0.2) is 4.98 Å². The smallest absolute Gasteiger partial charge is 0.271 e. The normalized spacial score (nSPS) is 12.0. The van der Waals surface area contributed by atoms with Crippen LogP contribution in [0.2, 0.25) is 0 Å². The van der Waals surface area contributed by atoms with E-state index >= 15 is 0 Å². The van der Waals surface area contributed by atoms with Crippen molar-refractivity contribution in [1.82, 2.24) is 20.3 Å². The first kappa shape index (κ1) is 15.9. The Morgan fingerprint density at radius 3 is 2.62 bits per heavy atom. The van der Waals surface area contributed by atoms with Crippen LogP contribution in [-0.2, 0) is 0 Å². The molecule has 0 radical (unpaired) electrons. The molecule has 3 aromatic rings. The highest BCUT2D eigenvalue weighted by atomic mass is 16.5. The van der Waals surface area contributed by atoms with E-state index in [1.54, 1.807) is 19.3 Å². The molecule has 0 aliphatic rings. The van der Waals surface area contributed by atoms with Crippen LogP contribution in [-0.4, -0.2) is 27.9 Å². The number of aromatic amines is 2. The van der Waals surface area contributed by atoms with Crippen molar-refractivity contribution in [2.45, 2.75) is 20.0 Å². The zero-order chi connectivity index (χ0) is 17.1. The minimum atomic E-state index is -0.236. The molecule has 0 saturated carbocycles. The van der Waals surface area contributed by atoms with Crippen LogP contribution in [0.1, 0.15) is 34.8 Å². The standard InChI is InChI=1S/C18H20N4O2/c1-11-10-20-17(21-11)14-9-15(16(22-14)18(23)19-3)24-12(2)13-7-5-4-6-8-13/h4-10,12,22H,1-3H3,(H,19,23)(H,20,21)/t12-/m1/s1. The number of hydrogen-bond donors (Lipinski definition) is 3. The summed E-state index contributed by atoms with van der Waals surface area (Å²) >= 11 is 0. The molecule has 0 bridgehead atoms. The lowest BCUT2D eigenvalue weighted by Gasteiger charge is -2.14. The number of carbonyl (C=O) groups is 1. The van der Waals surface area contributed by atoms with E-state index in [0.29, 0.717) is 23.0 Å². The Bertz CT molecular complexity index is 836. The van der Waals surface area contributed by atoms with E-state index in [1.807, 2.05) is 44.2 Å². The molecule has 2 heterocycles. The summed E-state index contributed by atoms with van der Waals surface area (Å²) in [5.41, 5.74) is 3.07. The van der Waals surface area contributed by atoms with Gasteiger partial charge in [0.05, 0.1) is 5.69 Å². The van der Waals surface area contributed by atoms with Gasteiger partial charge >= 0.3 is 0 Å². The van der Waals surface area contributed by atoms with Crippen molar-refractivity contribution in [3.8, 4) is 17.3 Å². The minimum absolute atomic E-state index is 0.184. The molecule has 6 heteroatoms. The van der Waals surface area contributed by atoms with E-state index in [0.717, 1.165) is 11.3 Å². The molecule has 124 valence electrons. The summed E-state index contributed by atoms with van der Waals surface area (Å²) < 4.78 is 6.03. The first-order chi connectivity index (χ1) is 11.6. The fourth-order valence-electron chi connectivity index (χ4n) is 2.48. The van der Waals surface area contributed by atoms with Gasteiger partial charge in [-0.2, -0.15) is 0 Å². The summed E-state index contributed by atoms with van der Waals surface area (Å²) in [7, 11) is 1.59. The van der Waals surface area contributed by atoms with Gasteiger partial charge in [0.15, 0.2) is 11.6 Å².